The van der Waals surface area contributed by atoms with Gasteiger partial charge in [0.1, 0.15) is 5.82 Å². The molecule has 31 heavy (non-hydrogen) atoms. The molecule has 2 aromatic rings. The van der Waals surface area contributed by atoms with Crippen LogP contribution in [0.1, 0.15) is 55.1 Å². The predicted octanol–water partition coefficient (Wildman–Crippen LogP) is 3.91. The van der Waals surface area contributed by atoms with Crippen LogP contribution in [-0.2, 0) is 11.3 Å². The fraction of sp³-hybridized carbons (Fsp3) is 0.458. The number of aromatic nitrogens is 1. The third kappa shape index (κ3) is 6.59. The summed E-state index contributed by atoms with van der Waals surface area (Å²) in [6.07, 6.45) is 4.69. The molecule has 6 nitrogen and oxygen atoms in total. The van der Waals surface area contributed by atoms with Gasteiger partial charge in [-0.2, -0.15) is 0 Å². The second kappa shape index (κ2) is 9.56. The van der Waals surface area contributed by atoms with E-state index in [0.717, 1.165) is 31.5 Å². The number of carbonyl (C=O) groups excluding carboxylic acids is 2. The van der Waals surface area contributed by atoms with Crippen LogP contribution in [0.3, 0.4) is 0 Å². The maximum Gasteiger partial charge on any atom is 0.257 e. The van der Waals surface area contributed by atoms with Crippen molar-refractivity contribution in [2.24, 2.45) is 5.92 Å². The molecule has 1 aromatic carbocycles. The lowest BCUT2D eigenvalue weighted by atomic mass is 9.94. The van der Waals surface area contributed by atoms with E-state index in [1.165, 1.54) is 12.3 Å². The Morgan fingerprint density at radius 2 is 1.87 bits per heavy atom. The average molecular weight is 427 g/mol. The van der Waals surface area contributed by atoms with Gasteiger partial charge in [-0.3, -0.25) is 19.5 Å². The van der Waals surface area contributed by atoms with E-state index in [-0.39, 0.29) is 29.1 Å². The van der Waals surface area contributed by atoms with E-state index in [2.05, 4.69) is 20.5 Å². The first-order valence-corrected chi connectivity index (χ1v) is 10.7. The Morgan fingerprint density at radius 1 is 1.16 bits per heavy atom. The maximum absolute atomic E-state index is 14.4. The van der Waals surface area contributed by atoms with Gasteiger partial charge in [-0.25, -0.2) is 4.39 Å². The normalized spacial score (nSPS) is 15.5. The van der Waals surface area contributed by atoms with Crippen LogP contribution in [0, 0.1) is 18.7 Å². The highest BCUT2D eigenvalue weighted by Crippen LogP contribution is 2.23. The van der Waals surface area contributed by atoms with Crippen molar-refractivity contribution in [2.75, 3.05) is 18.4 Å². The number of aryl methyl sites for hydroxylation is 1. The molecule has 0 saturated carbocycles. The predicted molar refractivity (Wildman–Crippen MR) is 119 cm³/mol. The SMILES string of the molecule is Cc1cncc(C(=O)Nc2ccc(F)c(CN3CCC(C(=O)NC(C)(C)C)CC3)c2)c1. The molecule has 0 spiro atoms. The number of hydrogen-bond acceptors (Lipinski definition) is 4. The smallest absolute Gasteiger partial charge is 0.257 e. The van der Waals surface area contributed by atoms with E-state index in [1.807, 2.05) is 27.7 Å². The molecule has 1 fully saturated rings. The molecule has 3 rings (SSSR count). The van der Waals surface area contributed by atoms with Gasteiger partial charge in [-0.1, -0.05) is 0 Å². The third-order valence-electron chi connectivity index (χ3n) is 5.29. The van der Waals surface area contributed by atoms with Crippen LogP contribution in [0.15, 0.2) is 36.7 Å². The van der Waals surface area contributed by atoms with Crippen LogP contribution >= 0.6 is 0 Å². The first-order chi connectivity index (χ1) is 14.6. The number of likely N-dealkylation sites (tertiary alicyclic amines) is 1. The molecule has 0 unspecified atom stereocenters. The first-order valence-electron chi connectivity index (χ1n) is 10.7. The Hall–Kier alpha value is -2.80. The lowest BCUT2D eigenvalue weighted by Gasteiger charge is -2.33. The molecule has 1 aliphatic heterocycles. The molecule has 7 heteroatoms. The minimum absolute atomic E-state index is 0.00566. The highest BCUT2D eigenvalue weighted by atomic mass is 19.1. The number of halogens is 1. The summed E-state index contributed by atoms with van der Waals surface area (Å²) in [4.78, 5) is 31.0. The molecule has 2 N–H and O–H groups in total. The number of rotatable bonds is 5. The molecule has 1 aliphatic rings. The van der Waals surface area contributed by atoms with Crippen LogP contribution in [0.2, 0.25) is 0 Å². The molecule has 0 radical (unpaired) electrons. The van der Waals surface area contributed by atoms with E-state index in [1.54, 1.807) is 24.4 Å². The maximum atomic E-state index is 14.4. The van der Waals surface area contributed by atoms with Crippen molar-refractivity contribution in [2.45, 2.75) is 52.6 Å². The topological polar surface area (TPSA) is 74.3 Å². The van der Waals surface area contributed by atoms with Crippen molar-refractivity contribution in [1.82, 2.24) is 15.2 Å². The van der Waals surface area contributed by atoms with Gasteiger partial charge < -0.3 is 10.6 Å². The zero-order chi connectivity index (χ0) is 22.6. The first kappa shape index (κ1) is 22.9. The Balaban J connectivity index is 1.59. The molecular formula is C24H31FN4O2. The van der Waals surface area contributed by atoms with Crippen molar-refractivity contribution in [1.29, 1.82) is 0 Å². The summed E-state index contributed by atoms with van der Waals surface area (Å²) in [5, 5.41) is 5.86. The van der Waals surface area contributed by atoms with Crippen molar-refractivity contribution >= 4 is 17.5 Å². The second-order valence-corrected chi connectivity index (χ2v) is 9.30. The van der Waals surface area contributed by atoms with Crippen molar-refractivity contribution in [3.05, 3.63) is 59.2 Å². The van der Waals surface area contributed by atoms with Gasteiger partial charge in [0, 0.05) is 41.6 Å². The number of hydrogen-bond donors (Lipinski definition) is 2. The largest absolute Gasteiger partial charge is 0.351 e. The quantitative estimate of drug-likeness (QED) is 0.760. The summed E-state index contributed by atoms with van der Waals surface area (Å²) in [6.45, 7) is 9.70. The fourth-order valence-electron chi connectivity index (χ4n) is 3.72. The summed E-state index contributed by atoms with van der Waals surface area (Å²) >= 11 is 0. The standard InChI is InChI=1S/C24H31FN4O2/c1-16-11-18(14-26-13-16)22(30)27-20-5-6-21(25)19(12-20)15-29-9-7-17(8-10-29)23(31)28-24(2,3)4/h5-6,11-14,17H,7-10,15H2,1-4H3,(H,27,30)(H,28,31). The second-order valence-electron chi connectivity index (χ2n) is 9.30. The van der Waals surface area contributed by atoms with E-state index in [0.29, 0.717) is 23.4 Å². The molecule has 1 aromatic heterocycles. The molecule has 0 bridgehead atoms. The summed E-state index contributed by atoms with van der Waals surface area (Å²) in [5.74, 6) is -0.496. The third-order valence-corrected chi connectivity index (χ3v) is 5.29. The Morgan fingerprint density at radius 3 is 2.52 bits per heavy atom. The number of carbonyl (C=O) groups is 2. The lowest BCUT2D eigenvalue weighted by Crippen LogP contribution is -2.46. The van der Waals surface area contributed by atoms with E-state index >= 15 is 0 Å². The van der Waals surface area contributed by atoms with Gasteiger partial charge >= 0.3 is 0 Å². The summed E-state index contributed by atoms with van der Waals surface area (Å²) in [5.41, 5.74) is 2.19. The number of piperidine rings is 1. The zero-order valence-electron chi connectivity index (χ0n) is 18.7. The molecule has 1 saturated heterocycles. The number of amides is 2. The van der Waals surface area contributed by atoms with Gasteiger partial charge in [0.25, 0.3) is 5.91 Å². The minimum Gasteiger partial charge on any atom is -0.351 e. The molecule has 166 valence electrons. The zero-order valence-corrected chi connectivity index (χ0v) is 18.7. The van der Waals surface area contributed by atoms with Gasteiger partial charge in [0.15, 0.2) is 0 Å². The van der Waals surface area contributed by atoms with Crippen molar-refractivity contribution in [3.8, 4) is 0 Å². The number of anilines is 1. The number of pyridine rings is 1. The molecule has 0 aliphatic carbocycles. The Labute approximate surface area is 183 Å². The van der Waals surface area contributed by atoms with Crippen molar-refractivity contribution in [3.63, 3.8) is 0 Å². The van der Waals surface area contributed by atoms with Crippen LogP contribution in [0.25, 0.3) is 0 Å². The summed E-state index contributed by atoms with van der Waals surface area (Å²) in [6, 6.07) is 6.37. The highest BCUT2D eigenvalue weighted by molar-refractivity contribution is 6.04. The molecule has 0 atom stereocenters. The molecular weight excluding hydrogens is 395 g/mol. The number of nitrogens with one attached hydrogen (secondary N) is 2. The van der Waals surface area contributed by atoms with Gasteiger partial charge in [-0.15, -0.1) is 0 Å². The van der Waals surface area contributed by atoms with Crippen LogP contribution < -0.4 is 10.6 Å². The van der Waals surface area contributed by atoms with E-state index in [4.69, 9.17) is 0 Å². The number of benzene rings is 1. The fourth-order valence-corrected chi connectivity index (χ4v) is 3.72. The van der Waals surface area contributed by atoms with Crippen LogP contribution in [-0.4, -0.2) is 40.3 Å². The Kier molecular flexibility index (Phi) is 7.05. The minimum atomic E-state index is -0.303. The monoisotopic (exact) mass is 426 g/mol. The van der Waals surface area contributed by atoms with E-state index in [9.17, 15) is 14.0 Å². The van der Waals surface area contributed by atoms with Gasteiger partial charge in [-0.05, 0) is 83.5 Å². The summed E-state index contributed by atoms with van der Waals surface area (Å²) < 4.78 is 14.4. The average Bonchev–Trinajstić information content (AvgIpc) is 2.69. The number of nitrogens with zero attached hydrogens (tertiary/aromatic N) is 2. The van der Waals surface area contributed by atoms with Gasteiger partial charge in [0.05, 0.1) is 5.56 Å². The van der Waals surface area contributed by atoms with Crippen LogP contribution in [0.5, 0.6) is 0 Å². The lowest BCUT2D eigenvalue weighted by molar-refractivity contribution is -0.127. The molecule has 2 amide bonds. The van der Waals surface area contributed by atoms with E-state index < -0.39 is 0 Å². The van der Waals surface area contributed by atoms with Crippen molar-refractivity contribution < 1.29 is 14.0 Å². The van der Waals surface area contributed by atoms with Gasteiger partial charge in [0.2, 0.25) is 5.91 Å². The summed E-state index contributed by atoms with van der Waals surface area (Å²) in [7, 11) is 0. The highest BCUT2D eigenvalue weighted by Gasteiger charge is 2.27. The Bertz CT molecular complexity index is 947. The molecule has 2 heterocycles. The van der Waals surface area contributed by atoms with Crippen LogP contribution in [0.4, 0.5) is 10.1 Å².